The molecule has 0 aromatic carbocycles. The minimum absolute atomic E-state index is 0.200. The lowest BCUT2D eigenvalue weighted by Crippen LogP contribution is -2.08. The number of nitrogens with zero attached hydrogens (tertiary/aromatic N) is 3. The molecule has 1 aromatic heterocycles. The van der Waals surface area contributed by atoms with Gasteiger partial charge in [0.05, 0.1) is 18.8 Å². The van der Waals surface area contributed by atoms with E-state index in [9.17, 15) is 0 Å². The first-order valence-corrected chi connectivity index (χ1v) is 6.30. The Kier molecular flexibility index (Phi) is 6.81. The monoisotopic (exact) mass is 241 g/mol. The van der Waals surface area contributed by atoms with Crippen LogP contribution in [0.5, 0.6) is 0 Å². The van der Waals surface area contributed by atoms with Crippen LogP contribution in [0.3, 0.4) is 0 Å². The van der Waals surface area contributed by atoms with Gasteiger partial charge in [0.25, 0.3) is 0 Å². The maximum Gasteiger partial charge on any atom is 0.0828 e. The molecule has 0 aliphatic heterocycles. The van der Waals surface area contributed by atoms with Crippen molar-refractivity contribution in [3.05, 3.63) is 11.9 Å². The van der Waals surface area contributed by atoms with Crippen molar-refractivity contribution in [3.8, 4) is 0 Å². The van der Waals surface area contributed by atoms with Gasteiger partial charge < -0.3 is 9.84 Å². The molecule has 0 atom stereocenters. The molecule has 0 radical (unpaired) electrons. The van der Waals surface area contributed by atoms with Crippen LogP contribution in [-0.4, -0.2) is 39.9 Å². The topological polar surface area (TPSA) is 60.2 Å². The molecule has 1 N–H and O–H groups in total. The molecule has 0 bridgehead atoms. The number of hydrogen-bond acceptors (Lipinski definition) is 4. The number of hydrogen-bond donors (Lipinski definition) is 1. The van der Waals surface area contributed by atoms with Crippen LogP contribution < -0.4 is 0 Å². The van der Waals surface area contributed by atoms with Gasteiger partial charge in [-0.3, -0.25) is 0 Å². The minimum Gasteiger partial charge on any atom is -0.396 e. The number of rotatable bonds is 9. The lowest BCUT2D eigenvalue weighted by molar-refractivity contribution is 0.113. The second kappa shape index (κ2) is 8.20. The van der Waals surface area contributed by atoms with Crippen molar-refractivity contribution in [2.24, 2.45) is 5.92 Å². The third-order valence-corrected chi connectivity index (χ3v) is 2.48. The summed E-state index contributed by atoms with van der Waals surface area (Å²) in [7, 11) is 0. The Bertz CT molecular complexity index is 300. The SMILES string of the molecule is CC(C)CCOCCn1cc(CCCO)nn1. The van der Waals surface area contributed by atoms with Crippen molar-refractivity contribution >= 4 is 0 Å². The zero-order valence-electron chi connectivity index (χ0n) is 10.8. The molecule has 0 unspecified atom stereocenters. The number of aliphatic hydroxyl groups is 1. The summed E-state index contributed by atoms with van der Waals surface area (Å²) in [6, 6.07) is 0. The predicted molar refractivity (Wildman–Crippen MR) is 65.7 cm³/mol. The van der Waals surface area contributed by atoms with E-state index < -0.39 is 0 Å². The van der Waals surface area contributed by atoms with Gasteiger partial charge >= 0.3 is 0 Å². The Morgan fingerprint density at radius 1 is 1.41 bits per heavy atom. The Balaban J connectivity index is 2.12. The third kappa shape index (κ3) is 6.38. The highest BCUT2D eigenvalue weighted by molar-refractivity contribution is 4.91. The van der Waals surface area contributed by atoms with Gasteiger partial charge in [0.15, 0.2) is 0 Å². The number of aryl methyl sites for hydroxylation is 1. The second-order valence-electron chi connectivity index (χ2n) is 4.60. The van der Waals surface area contributed by atoms with Gasteiger partial charge in [0, 0.05) is 19.4 Å². The highest BCUT2D eigenvalue weighted by Gasteiger charge is 2.00. The van der Waals surface area contributed by atoms with Crippen molar-refractivity contribution < 1.29 is 9.84 Å². The maximum atomic E-state index is 8.70. The number of aliphatic hydroxyl groups excluding tert-OH is 1. The van der Waals surface area contributed by atoms with E-state index in [1.165, 1.54) is 0 Å². The fourth-order valence-electron chi connectivity index (χ4n) is 1.40. The van der Waals surface area contributed by atoms with Crippen molar-refractivity contribution in [3.63, 3.8) is 0 Å². The summed E-state index contributed by atoms with van der Waals surface area (Å²) in [6.07, 6.45) is 4.54. The fourth-order valence-corrected chi connectivity index (χ4v) is 1.40. The summed E-state index contributed by atoms with van der Waals surface area (Å²) in [5, 5.41) is 16.7. The standard InChI is InChI=1S/C12H23N3O2/c1-11(2)5-8-17-9-6-15-10-12(13-14-15)4-3-7-16/h10-11,16H,3-9H2,1-2H3. The van der Waals surface area contributed by atoms with E-state index in [1.54, 1.807) is 4.68 Å². The van der Waals surface area contributed by atoms with Gasteiger partial charge in [-0.15, -0.1) is 5.10 Å². The van der Waals surface area contributed by atoms with Crippen LogP contribution in [0.2, 0.25) is 0 Å². The average molecular weight is 241 g/mol. The molecule has 1 rings (SSSR count). The Hall–Kier alpha value is -0.940. The molecule has 0 saturated heterocycles. The van der Waals surface area contributed by atoms with Gasteiger partial charge in [-0.25, -0.2) is 4.68 Å². The number of aromatic nitrogens is 3. The summed E-state index contributed by atoms with van der Waals surface area (Å²) in [4.78, 5) is 0. The number of ether oxygens (including phenoxy) is 1. The van der Waals surface area contributed by atoms with Crippen LogP contribution in [0.25, 0.3) is 0 Å². The van der Waals surface area contributed by atoms with Crippen LogP contribution in [0.4, 0.5) is 0 Å². The van der Waals surface area contributed by atoms with Crippen molar-refractivity contribution in [1.82, 2.24) is 15.0 Å². The summed E-state index contributed by atoms with van der Waals surface area (Å²) in [5.41, 5.74) is 0.932. The molecule has 0 saturated carbocycles. The zero-order valence-corrected chi connectivity index (χ0v) is 10.8. The molecule has 0 aliphatic rings. The van der Waals surface area contributed by atoms with Gasteiger partial charge in [-0.1, -0.05) is 19.1 Å². The lowest BCUT2D eigenvalue weighted by Gasteiger charge is -2.05. The Morgan fingerprint density at radius 3 is 2.94 bits per heavy atom. The van der Waals surface area contributed by atoms with Gasteiger partial charge in [-0.2, -0.15) is 0 Å². The Morgan fingerprint density at radius 2 is 2.24 bits per heavy atom. The first-order valence-electron chi connectivity index (χ1n) is 6.30. The minimum atomic E-state index is 0.200. The molecule has 0 fully saturated rings. The van der Waals surface area contributed by atoms with Crippen molar-refractivity contribution in [2.75, 3.05) is 19.8 Å². The van der Waals surface area contributed by atoms with E-state index in [1.807, 2.05) is 6.20 Å². The van der Waals surface area contributed by atoms with Gasteiger partial charge in [0.1, 0.15) is 0 Å². The van der Waals surface area contributed by atoms with Crippen LogP contribution in [0.1, 0.15) is 32.4 Å². The van der Waals surface area contributed by atoms with Crippen LogP contribution in [0, 0.1) is 5.92 Å². The van der Waals surface area contributed by atoms with E-state index in [2.05, 4.69) is 24.2 Å². The third-order valence-electron chi connectivity index (χ3n) is 2.48. The van der Waals surface area contributed by atoms with Crippen molar-refractivity contribution in [2.45, 2.75) is 39.7 Å². The first-order chi connectivity index (χ1) is 8.22. The molecular weight excluding hydrogens is 218 g/mol. The predicted octanol–water partition coefficient (Wildman–Crippen LogP) is 1.27. The first kappa shape index (κ1) is 14.1. The summed E-state index contributed by atoms with van der Waals surface area (Å²) < 4.78 is 7.30. The summed E-state index contributed by atoms with van der Waals surface area (Å²) in [6.45, 7) is 6.80. The molecule has 0 aliphatic carbocycles. The van der Waals surface area contributed by atoms with Crippen LogP contribution >= 0.6 is 0 Å². The highest BCUT2D eigenvalue weighted by atomic mass is 16.5. The van der Waals surface area contributed by atoms with E-state index in [-0.39, 0.29) is 6.61 Å². The van der Waals surface area contributed by atoms with E-state index in [4.69, 9.17) is 9.84 Å². The maximum absolute atomic E-state index is 8.70. The molecule has 17 heavy (non-hydrogen) atoms. The smallest absolute Gasteiger partial charge is 0.0828 e. The van der Waals surface area contributed by atoms with Gasteiger partial charge in [0.2, 0.25) is 0 Å². The molecule has 98 valence electrons. The highest BCUT2D eigenvalue weighted by Crippen LogP contribution is 2.00. The Labute approximate surface area is 103 Å². The molecule has 5 nitrogen and oxygen atoms in total. The normalized spacial score (nSPS) is 11.3. The average Bonchev–Trinajstić information content (AvgIpc) is 2.73. The summed E-state index contributed by atoms with van der Waals surface area (Å²) in [5.74, 6) is 0.687. The van der Waals surface area contributed by atoms with E-state index >= 15 is 0 Å². The largest absolute Gasteiger partial charge is 0.396 e. The van der Waals surface area contributed by atoms with Crippen LogP contribution in [-0.2, 0) is 17.7 Å². The quantitative estimate of drug-likeness (QED) is 0.661. The molecule has 1 heterocycles. The lowest BCUT2D eigenvalue weighted by atomic mass is 10.1. The molecule has 5 heteroatoms. The molecule has 0 amide bonds. The zero-order chi connectivity index (χ0) is 12.5. The molecular formula is C12H23N3O2. The molecule has 1 aromatic rings. The second-order valence-corrected chi connectivity index (χ2v) is 4.60. The van der Waals surface area contributed by atoms with Gasteiger partial charge in [-0.05, 0) is 25.2 Å². The van der Waals surface area contributed by atoms with Crippen LogP contribution in [0.15, 0.2) is 6.20 Å². The van der Waals surface area contributed by atoms with E-state index in [0.717, 1.165) is 38.1 Å². The van der Waals surface area contributed by atoms with E-state index in [0.29, 0.717) is 12.5 Å². The fraction of sp³-hybridized carbons (Fsp3) is 0.833. The van der Waals surface area contributed by atoms with Crippen molar-refractivity contribution in [1.29, 1.82) is 0 Å². The molecule has 0 spiro atoms. The summed E-state index contributed by atoms with van der Waals surface area (Å²) >= 11 is 0.